The summed E-state index contributed by atoms with van der Waals surface area (Å²) in [4.78, 5) is 39.2. The molecule has 1 aliphatic heterocycles. The zero-order valence-corrected chi connectivity index (χ0v) is 17.8. The van der Waals surface area contributed by atoms with Gasteiger partial charge in [0.25, 0.3) is 0 Å². The standard InChI is InChI=1S/C24H23N3O3S/c28-21(22-6-3-15-31-22)11-12-23(29)25-19-7-9-20(10-8-19)26-24(30)27-14-13-17-4-1-2-5-18(17)16-27/h1-10,15H,11-14,16H2,(H,25,29)(H,26,30). The molecule has 0 aliphatic carbocycles. The quantitative estimate of drug-likeness (QED) is 0.541. The summed E-state index contributed by atoms with van der Waals surface area (Å²) in [5, 5.41) is 7.54. The van der Waals surface area contributed by atoms with Crippen molar-refractivity contribution in [2.45, 2.75) is 25.8 Å². The van der Waals surface area contributed by atoms with Crippen LogP contribution >= 0.6 is 11.3 Å². The molecule has 7 heteroatoms. The van der Waals surface area contributed by atoms with E-state index in [1.807, 2.05) is 23.6 Å². The summed E-state index contributed by atoms with van der Waals surface area (Å²) >= 11 is 1.38. The molecule has 158 valence electrons. The van der Waals surface area contributed by atoms with Gasteiger partial charge in [-0.15, -0.1) is 11.3 Å². The Morgan fingerprint density at radius 3 is 2.26 bits per heavy atom. The Morgan fingerprint density at radius 2 is 1.55 bits per heavy atom. The van der Waals surface area contributed by atoms with E-state index in [1.165, 1.54) is 22.5 Å². The highest BCUT2D eigenvalue weighted by atomic mass is 32.1. The first-order valence-corrected chi connectivity index (χ1v) is 11.1. The van der Waals surface area contributed by atoms with Gasteiger partial charge in [0.15, 0.2) is 5.78 Å². The molecule has 0 saturated carbocycles. The number of carbonyl (C=O) groups is 3. The van der Waals surface area contributed by atoms with Crippen LogP contribution in [-0.2, 0) is 17.8 Å². The van der Waals surface area contributed by atoms with Crippen molar-refractivity contribution in [2.75, 3.05) is 17.2 Å². The lowest BCUT2D eigenvalue weighted by Gasteiger charge is -2.29. The molecule has 2 heterocycles. The molecule has 2 N–H and O–H groups in total. The SMILES string of the molecule is O=C(CCC(=O)c1cccs1)Nc1ccc(NC(=O)N2CCc3ccccc3C2)cc1. The van der Waals surface area contributed by atoms with E-state index < -0.39 is 0 Å². The fourth-order valence-corrected chi connectivity index (χ4v) is 4.21. The number of nitrogens with one attached hydrogen (secondary N) is 2. The molecule has 4 rings (SSSR count). The Bertz CT molecular complexity index is 1080. The van der Waals surface area contributed by atoms with E-state index in [0.717, 1.165) is 6.42 Å². The second kappa shape index (κ2) is 9.57. The van der Waals surface area contributed by atoms with Crippen molar-refractivity contribution >= 4 is 40.4 Å². The molecule has 2 aromatic carbocycles. The number of thiophene rings is 1. The summed E-state index contributed by atoms with van der Waals surface area (Å²) in [5.74, 6) is -0.239. The van der Waals surface area contributed by atoms with Crippen LogP contribution in [0.4, 0.5) is 16.2 Å². The third-order valence-corrected chi connectivity index (χ3v) is 6.12. The van der Waals surface area contributed by atoms with E-state index in [4.69, 9.17) is 0 Å². The Morgan fingerprint density at radius 1 is 0.839 bits per heavy atom. The van der Waals surface area contributed by atoms with Crippen molar-refractivity contribution < 1.29 is 14.4 Å². The summed E-state index contributed by atoms with van der Waals surface area (Å²) in [5.41, 5.74) is 3.76. The van der Waals surface area contributed by atoms with Crippen molar-refractivity contribution in [3.8, 4) is 0 Å². The van der Waals surface area contributed by atoms with Gasteiger partial charge in [-0.25, -0.2) is 4.79 Å². The predicted octanol–water partition coefficient (Wildman–Crippen LogP) is 4.94. The van der Waals surface area contributed by atoms with Gasteiger partial charge in [0, 0.05) is 37.3 Å². The summed E-state index contributed by atoms with van der Waals surface area (Å²) in [6.07, 6.45) is 1.16. The van der Waals surface area contributed by atoms with E-state index in [-0.39, 0.29) is 30.6 Å². The molecule has 0 unspecified atom stereocenters. The fraction of sp³-hybridized carbons (Fsp3) is 0.208. The second-order valence-electron chi connectivity index (χ2n) is 7.40. The topological polar surface area (TPSA) is 78.5 Å². The molecule has 0 radical (unpaired) electrons. The molecule has 0 spiro atoms. The molecule has 3 amide bonds. The fourth-order valence-electron chi connectivity index (χ4n) is 3.52. The lowest BCUT2D eigenvalue weighted by atomic mass is 10.0. The van der Waals surface area contributed by atoms with Crippen LogP contribution in [0.3, 0.4) is 0 Å². The first kappa shape index (κ1) is 20.8. The zero-order chi connectivity index (χ0) is 21.6. The van der Waals surface area contributed by atoms with Crippen LogP contribution in [0.1, 0.15) is 33.6 Å². The van der Waals surface area contributed by atoms with Crippen LogP contribution in [0.2, 0.25) is 0 Å². The minimum atomic E-state index is -0.214. The molecule has 3 aromatic rings. The molecule has 1 aromatic heterocycles. The molecule has 0 bridgehead atoms. The molecule has 0 fully saturated rings. The lowest BCUT2D eigenvalue weighted by Crippen LogP contribution is -2.38. The third-order valence-electron chi connectivity index (χ3n) is 5.21. The van der Waals surface area contributed by atoms with Gasteiger partial charge in [0.1, 0.15) is 0 Å². The van der Waals surface area contributed by atoms with Gasteiger partial charge >= 0.3 is 6.03 Å². The molecule has 1 aliphatic rings. The number of urea groups is 1. The average Bonchev–Trinajstić information content (AvgIpc) is 3.33. The lowest BCUT2D eigenvalue weighted by molar-refractivity contribution is -0.116. The van der Waals surface area contributed by atoms with Crippen LogP contribution in [0.5, 0.6) is 0 Å². The Hall–Kier alpha value is -3.45. The number of amides is 3. The van der Waals surface area contributed by atoms with E-state index in [0.29, 0.717) is 29.3 Å². The van der Waals surface area contributed by atoms with Gasteiger partial charge in [-0.1, -0.05) is 30.3 Å². The Labute approximate surface area is 184 Å². The highest BCUT2D eigenvalue weighted by Crippen LogP contribution is 2.20. The molecular formula is C24H23N3O3S. The third kappa shape index (κ3) is 5.38. The second-order valence-corrected chi connectivity index (χ2v) is 8.34. The molecule has 31 heavy (non-hydrogen) atoms. The Kier molecular flexibility index (Phi) is 6.43. The normalized spacial score (nSPS) is 12.7. The summed E-state index contributed by atoms with van der Waals surface area (Å²) in [6, 6.07) is 18.6. The number of nitrogens with zero attached hydrogens (tertiary/aromatic N) is 1. The molecule has 0 atom stereocenters. The predicted molar refractivity (Wildman–Crippen MR) is 123 cm³/mol. The highest BCUT2D eigenvalue weighted by Gasteiger charge is 2.20. The number of carbonyl (C=O) groups excluding carboxylic acids is 3. The maximum Gasteiger partial charge on any atom is 0.322 e. The molecule has 0 saturated heterocycles. The molecule has 6 nitrogen and oxygen atoms in total. The van der Waals surface area contributed by atoms with Gasteiger partial charge < -0.3 is 15.5 Å². The van der Waals surface area contributed by atoms with Gasteiger partial charge in [-0.05, 0) is 53.3 Å². The number of benzene rings is 2. The van der Waals surface area contributed by atoms with Crippen LogP contribution in [0.25, 0.3) is 0 Å². The maximum absolute atomic E-state index is 12.6. The molecular weight excluding hydrogens is 410 g/mol. The summed E-state index contributed by atoms with van der Waals surface area (Å²) in [7, 11) is 0. The number of hydrogen-bond acceptors (Lipinski definition) is 4. The van der Waals surface area contributed by atoms with Gasteiger partial charge in [-0.2, -0.15) is 0 Å². The number of Topliss-reactive ketones (excluding diaryl/α,β-unsaturated/α-hetero) is 1. The van der Waals surface area contributed by atoms with Crippen LogP contribution in [0, 0.1) is 0 Å². The van der Waals surface area contributed by atoms with Crippen molar-refractivity contribution in [3.05, 3.63) is 82.0 Å². The van der Waals surface area contributed by atoms with E-state index in [2.05, 4.69) is 22.8 Å². The monoisotopic (exact) mass is 433 g/mol. The highest BCUT2D eigenvalue weighted by molar-refractivity contribution is 7.12. The first-order chi connectivity index (χ1) is 15.1. The van der Waals surface area contributed by atoms with E-state index >= 15 is 0 Å². The van der Waals surface area contributed by atoms with Crippen molar-refractivity contribution in [2.24, 2.45) is 0 Å². The van der Waals surface area contributed by atoms with Crippen molar-refractivity contribution in [1.29, 1.82) is 0 Å². The minimum Gasteiger partial charge on any atom is -0.326 e. The van der Waals surface area contributed by atoms with E-state index in [1.54, 1.807) is 35.2 Å². The summed E-state index contributed by atoms with van der Waals surface area (Å²) in [6.45, 7) is 1.28. The minimum absolute atomic E-state index is 0.0245. The number of rotatable bonds is 6. The van der Waals surface area contributed by atoms with Crippen LogP contribution < -0.4 is 10.6 Å². The summed E-state index contributed by atoms with van der Waals surface area (Å²) < 4.78 is 0. The van der Waals surface area contributed by atoms with Crippen molar-refractivity contribution in [3.63, 3.8) is 0 Å². The van der Waals surface area contributed by atoms with Crippen molar-refractivity contribution in [1.82, 2.24) is 4.90 Å². The maximum atomic E-state index is 12.6. The smallest absolute Gasteiger partial charge is 0.322 e. The zero-order valence-electron chi connectivity index (χ0n) is 17.0. The van der Waals surface area contributed by atoms with Crippen LogP contribution in [0.15, 0.2) is 66.0 Å². The van der Waals surface area contributed by atoms with E-state index in [9.17, 15) is 14.4 Å². The number of anilines is 2. The number of ketones is 1. The van der Waals surface area contributed by atoms with Gasteiger partial charge in [-0.3, -0.25) is 9.59 Å². The first-order valence-electron chi connectivity index (χ1n) is 10.2. The van der Waals surface area contributed by atoms with Gasteiger partial charge in [0.2, 0.25) is 5.91 Å². The largest absolute Gasteiger partial charge is 0.326 e. The number of hydrogen-bond donors (Lipinski definition) is 2. The number of fused-ring (bicyclic) bond motifs is 1. The average molecular weight is 434 g/mol. The van der Waals surface area contributed by atoms with Crippen LogP contribution in [-0.4, -0.2) is 29.2 Å². The Balaban J connectivity index is 1.26. The van der Waals surface area contributed by atoms with Gasteiger partial charge in [0.05, 0.1) is 4.88 Å².